The van der Waals surface area contributed by atoms with Crippen molar-refractivity contribution in [3.05, 3.63) is 63.1 Å². The summed E-state index contributed by atoms with van der Waals surface area (Å²) in [6, 6.07) is 6.56. The van der Waals surface area contributed by atoms with Crippen molar-refractivity contribution in [1.29, 1.82) is 0 Å². The molecule has 0 aliphatic heterocycles. The summed E-state index contributed by atoms with van der Waals surface area (Å²) in [4.78, 5) is 12.3. The fourth-order valence-corrected chi connectivity index (χ4v) is 2.32. The zero-order valence-corrected chi connectivity index (χ0v) is 13.1. The molecular formula is C16H13BrF2O2. The van der Waals surface area contributed by atoms with Crippen molar-refractivity contribution in [3.63, 3.8) is 0 Å². The minimum Gasteiger partial charge on any atom is -0.496 e. The maximum Gasteiger partial charge on any atom is 0.171 e. The second kappa shape index (κ2) is 6.35. The van der Waals surface area contributed by atoms with Crippen molar-refractivity contribution in [3.8, 4) is 5.75 Å². The Hall–Kier alpha value is -1.75. The van der Waals surface area contributed by atoms with Crippen LogP contribution in [0, 0.1) is 18.6 Å². The lowest BCUT2D eigenvalue weighted by molar-refractivity contribution is 0.0988. The monoisotopic (exact) mass is 354 g/mol. The molecule has 2 aromatic carbocycles. The van der Waals surface area contributed by atoms with Crippen LogP contribution in [-0.2, 0) is 6.42 Å². The molecule has 0 aromatic heterocycles. The number of ketones is 1. The van der Waals surface area contributed by atoms with Crippen molar-refractivity contribution in [1.82, 2.24) is 0 Å². The van der Waals surface area contributed by atoms with Gasteiger partial charge in [-0.25, -0.2) is 8.78 Å². The van der Waals surface area contributed by atoms with Crippen molar-refractivity contribution in [2.75, 3.05) is 7.11 Å². The topological polar surface area (TPSA) is 26.3 Å². The van der Waals surface area contributed by atoms with E-state index in [9.17, 15) is 13.6 Å². The lowest BCUT2D eigenvalue weighted by Crippen LogP contribution is -2.08. The summed E-state index contributed by atoms with van der Waals surface area (Å²) in [5.41, 5.74) is 1.44. The van der Waals surface area contributed by atoms with Crippen molar-refractivity contribution in [2.24, 2.45) is 0 Å². The summed E-state index contributed by atoms with van der Waals surface area (Å²) in [5, 5.41) is 0. The molecule has 21 heavy (non-hydrogen) atoms. The fraction of sp³-hybridized carbons (Fsp3) is 0.188. The average molecular weight is 355 g/mol. The Morgan fingerprint density at radius 3 is 2.57 bits per heavy atom. The van der Waals surface area contributed by atoms with E-state index in [4.69, 9.17) is 4.74 Å². The molecular weight excluding hydrogens is 342 g/mol. The minimum absolute atomic E-state index is 0.153. The number of hydrogen-bond acceptors (Lipinski definition) is 2. The van der Waals surface area contributed by atoms with Gasteiger partial charge in [-0.05, 0) is 36.2 Å². The van der Waals surface area contributed by atoms with Gasteiger partial charge in [0.05, 0.1) is 12.7 Å². The number of hydrogen-bond donors (Lipinski definition) is 0. The Bertz CT molecular complexity index is 699. The zero-order valence-electron chi connectivity index (χ0n) is 11.5. The van der Waals surface area contributed by atoms with Crippen molar-refractivity contribution in [2.45, 2.75) is 13.3 Å². The molecule has 0 atom stereocenters. The summed E-state index contributed by atoms with van der Waals surface area (Å²) in [5.74, 6) is -1.26. The Balaban J connectivity index is 2.34. The standard InChI is InChI=1S/C16H13BrF2O2/c1-9-5-16(21-2)12(8-13(9)17)15(20)6-10-3-4-11(18)7-14(10)19/h3-5,7-8H,6H2,1-2H3. The lowest BCUT2D eigenvalue weighted by atomic mass is 10.0. The molecule has 0 N–H and O–H groups in total. The second-order valence-electron chi connectivity index (χ2n) is 4.64. The van der Waals surface area contributed by atoms with Gasteiger partial charge in [-0.15, -0.1) is 0 Å². The molecule has 0 fully saturated rings. The molecule has 0 bridgehead atoms. The Labute approximate surface area is 129 Å². The predicted octanol–water partition coefficient (Wildman–Crippen LogP) is 4.47. The molecule has 0 unspecified atom stereocenters. The van der Waals surface area contributed by atoms with Gasteiger partial charge >= 0.3 is 0 Å². The first kappa shape index (κ1) is 15.6. The van der Waals surface area contributed by atoms with Gasteiger partial charge in [0.1, 0.15) is 17.4 Å². The van der Waals surface area contributed by atoms with Gasteiger partial charge in [-0.2, -0.15) is 0 Å². The second-order valence-corrected chi connectivity index (χ2v) is 5.49. The quantitative estimate of drug-likeness (QED) is 0.757. The van der Waals surface area contributed by atoms with Gasteiger partial charge in [-0.3, -0.25) is 4.79 Å². The van der Waals surface area contributed by atoms with E-state index < -0.39 is 11.6 Å². The van der Waals surface area contributed by atoms with Gasteiger partial charge in [0.15, 0.2) is 5.78 Å². The molecule has 0 amide bonds. The highest BCUT2D eigenvalue weighted by molar-refractivity contribution is 9.10. The predicted molar refractivity (Wildman–Crippen MR) is 79.8 cm³/mol. The van der Waals surface area contributed by atoms with Gasteiger partial charge in [-0.1, -0.05) is 22.0 Å². The van der Waals surface area contributed by atoms with Crippen LogP contribution in [0.25, 0.3) is 0 Å². The van der Waals surface area contributed by atoms with Gasteiger partial charge in [0.25, 0.3) is 0 Å². The van der Waals surface area contributed by atoms with Gasteiger partial charge in [0.2, 0.25) is 0 Å². The molecule has 0 saturated heterocycles. The number of carbonyl (C=O) groups excluding carboxylic acids is 1. The Morgan fingerprint density at radius 2 is 1.95 bits per heavy atom. The van der Waals surface area contributed by atoms with Gasteiger partial charge in [0, 0.05) is 17.0 Å². The summed E-state index contributed by atoms with van der Waals surface area (Å²) in [6.07, 6.45) is -0.155. The summed E-state index contributed by atoms with van der Waals surface area (Å²) in [7, 11) is 1.47. The van der Waals surface area contributed by atoms with Crippen LogP contribution >= 0.6 is 15.9 Å². The molecule has 0 saturated carbocycles. The first-order chi connectivity index (χ1) is 9.92. The average Bonchev–Trinajstić information content (AvgIpc) is 2.44. The molecule has 2 aromatic rings. The summed E-state index contributed by atoms with van der Waals surface area (Å²) < 4.78 is 32.5. The van der Waals surface area contributed by atoms with Crippen molar-refractivity contribution < 1.29 is 18.3 Å². The lowest BCUT2D eigenvalue weighted by Gasteiger charge is -2.10. The molecule has 110 valence electrons. The Kier molecular flexibility index (Phi) is 4.73. The number of Topliss-reactive ketones (excluding diaryl/α,β-unsaturated/α-hetero) is 1. The number of halogens is 3. The van der Waals surface area contributed by atoms with E-state index in [1.54, 1.807) is 12.1 Å². The van der Waals surface area contributed by atoms with Crippen LogP contribution in [0.5, 0.6) is 5.75 Å². The van der Waals surface area contributed by atoms with Crippen LogP contribution in [0.2, 0.25) is 0 Å². The smallest absolute Gasteiger partial charge is 0.171 e. The molecule has 0 aliphatic rings. The molecule has 5 heteroatoms. The SMILES string of the molecule is COc1cc(C)c(Br)cc1C(=O)Cc1ccc(F)cc1F. The largest absolute Gasteiger partial charge is 0.496 e. The maximum atomic E-state index is 13.6. The summed E-state index contributed by atoms with van der Waals surface area (Å²) >= 11 is 3.36. The van der Waals surface area contributed by atoms with E-state index in [1.807, 2.05) is 6.92 Å². The van der Waals surface area contributed by atoms with E-state index in [0.29, 0.717) is 11.3 Å². The van der Waals surface area contributed by atoms with E-state index in [2.05, 4.69) is 15.9 Å². The molecule has 0 heterocycles. The van der Waals surface area contributed by atoms with Crippen LogP contribution in [0.1, 0.15) is 21.5 Å². The van der Waals surface area contributed by atoms with Gasteiger partial charge < -0.3 is 4.74 Å². The highest BCUT2D eigenvalue weighted by Crippen LogP contribution is 2.28. The third-order valence-corrected chi connectivity index (χ3v) is 4.00. The number of carbonyl (C=O) groups is 1. The molecule has 2 rings (SSSR count). The van der Waals surface area contributed by atoms with E-state index in [1.165, 1.54) is 13.2 Å². The maximum absolute atomic E-state index is 13.6. The molecule has 2 nitrogen and oxygen atoms in total. The van der Waals surface area contributed by atoms with Crippen LogP contribution in [0.15, 0.2) is 34.8 Å². The number of rotatable bonds is 4. The van der Waals surface area contributed by atoms with Crippen LogP contribution in [0.3, 0.4) is 0 Å². The molecule has 0 radical (unpaired) electrons. The third kappa shape index (κ3) is 3.47. The first-order valence-electron chi connectivity index (χ1n) is 6.23. The minimum atomic E-state index is -0.728. The number of aryl methyl sites for hydroxylation is 1. The van der Waals surface area contributed by atoms with Crippen molar-refractivity contribution >= 4 is 21.7 Å². The summed E-state index contributed by atoms with van der Waals surface area (Å²) in [6.45, 7) is 1.88. The fourth-order valence-electron chi connectivity index (χ4n) is 1.98. The first-order valence-corrected chi connectivity index (χ1v) is 7.03. The third-order valence-electron chi connectivity index (χ3n) is 3.15. The number of methoxy groups -OCH3 is 1. The normalized spacial score (nSPS) is 10.5. The Morgan fingerprint density at radius 1 is 1.24 bits per heavy atom. The van der Waals surface area contributed by atoms with Crippen LogP contribution < -0.4 is 4.74 Å². The van der Waals surface area contributed by atoms with Crippen LogP contribution in [0.4, 0.5) is 8.78 Å². The number of ether oxygens (including phenoxy) is 1. The number of benzene rings is 2. The van der Waals surface area contributed by atoms with Crippen LogP contribution in [-0.4, -0.2) is 12.9 Å². The van der Waals surface area contributed by atoms with E-state index in [-0.39, 0.29) is 17.8 Å². The molecule has 0 spiro atoms. The van der Waals surface area contributed by atoms with E-state index >= 15 is 0 Å². The molecule has 0 aliphatic carbocycles. The highest BCUT2D eigenvalue weighted by Gasteiger charge is 2.17. The highest BCUT2D eigenvalue weighted by atomic mass is 79.9. The zero-order chi connectivity index (χ0) is 15.6. The van der Waals surface area contributed by atoms with E-state index in [0.717, 1.165) is 22.2 Å².